The van der Waals surface area contributed by atoms with Crippen LogP contribution in [-0.2, 0) is 0 Å². The van der Waals surface area contributed by atoms with Crippen molar-refractivity contribution in [3.8, 4) is 11.5 Å². The zero-order valence-electron chi connectivity index (χ0n) is 17.0. The van der Waals surface area contributed by atoms with E-state index in [1.165, 1.54) is 6.26 Å². The number of hydrogen-bond acceptors (Lipinski definition) is 5. The highest BCUT2D eigenvalue weighted by Gasteiger charge is 2.26. The molecule has 1 aromatic carbocycles. The molecule has 0 spiro atoms. The van der Waals surface area contributed by atoms with Crippen LogP contribution in [0.4, 0.5) is 10.5 Å². The van der Waals surface area contributed by atoms with Crippen LogP contribution in [0.3, 0.4) is 0 Å². The SMILES string of the molecule is CC(C)c1cnc(-c2ccc(NC(=O)N3CCN(C(=O)c4ccco4)CC3)cc2)o1. The molecule has 4 rings (SSSR count). The Morgan fingerprint density at radius 3 is 2.33 bits per heavy atom. The summed E-state index contributed by atoms with van der Waals surface area (Å²) in [5.41, 5.74) is 1.54. The summed E-state index contributed by atoms with van der Waals surface area (Å²) in [5.74, 6) is 1.85. The molecule has 0 aliphatic carbocycles. The molecule has 1 aliphatic heterocycles. The maximum absolute atomic E-state index is 12.6. The molecular formula is C22H24N4O4. The lowest BCUT2D eigenvalue weighted by molar-refractivity contribution is 0.0640. The first-order chi connectivity index (χ1) is 14.5. The molecule has 8 nitrogen and oxygen atoms in total. The van der Waals surface area contributed by atoms with Crippen LogP contribution in [0.2, 0.25) is 0 Å². The number of carbonyl (C=O) groups is 2. The second-order valence-electron chi connectivity index (χ2n) is 7.49. The minimum atomic E-state index is -0.189. The van der Waals surface area contributed by atoms with E-state index in [1.54, 1.807) is 28.1 Å². The van der Waals surface area contributed by atoms with Gasteiger partial charge in [-0.25, -0.2) is 9.78 Å². The van der Waals surface area contributed by atoms with Gasteiger partial charge in [-0.3, -0.25) is 4.79 Å². The van der Waals surface area contributed by atoms with E-state index in [0.29, 0.717) is 43.5 Å². The summed E-state index contributed by atoms with van der Waals surface area (Å²) < 4.78 is 10.9. The highest BCUT2D eigenvalue weighted by molar-refractivity contribution is 5.92. The molecule has 0 saturated carbocycles. The minimum Gasteiger partial charge on any atom is -0.459 e. The van der Waals surface area contributed by atoms with Crippen molar-refractivity contribution in [2.75, 3.05) is 31.5 Å². The van der Waals surface area contributed by atoms with E-state index < -0.39 is 0 Å². The van der Waals surface area contributed by atoms with Crippen molar-refractivity contribution < 1.29 is 18.4 Å². The Hall–Kier alpha value is -3.55. The monoisotopic (exact) mass is 408 g/mol. The molecule has 3 aromatic rings. The molecule has 1 N–H and O–H groups in total. The number of oxazole rings is 1. The van der Waals surface area contributed by atoms with Gasteiger partial charge < -0.3 is 24.0 Å². The number of hydrogen-bond donors (Lipinski definition) is 1. The van der Waals surface area contributed by atoms with Crippen LogP contribution in [0.5, 0.6) is 0 Å². The number of aromatic nitrogens is 1. The number of piperazine rings is 1. The van der Waals surface area contributed by atoms with Crippen LogP contribution >= 0.6 is 0 Å². The average Bonchev–Trinajstić information content (AvgIpc) is 3.46. The highest BCUT2D eigenvalue weighted by atomic mass is 16.4. The third-order valence-electron chi connectivity index (χ3n) is 5.06. The summed E-state index contributed by atoms with van der Waals surface area (Å²) in [7, 11) is 0. The van der Waals surface area contributed by atoms with Gasteiger partial charge in [0.2, 0.25) is 5.89 Å². The van der Waals surface area contributed by atoms with E-state index in [2.05, 4.69) is 24.1 Å². The number of nitrogens with zero attached hydrogens (tertiary/aromatic N) is 3. The van der Waals surface area contributed by atoms with Crippen LogP contribution in [-0.4, -0.2) is 52.9 Å². The maximum Gasteiger partial charge on any atom is 0.321 e. The van der Waals surface area contributed by atoms with Gasteiger partial charge in [0.25, 0.3) is 5.91 Å². The quantitative estimate of drug-likeness (QED) is 0.703. The number of urea groups is 1. The van der Waals surface area contributed by atoms with Crippen LogP contribution in [0, 0.1) is 0 Å². The fourth-order valence-electron chi connectivity index (χ4n) is 3.25. The molecule has 3 heterocycles. The van der Waals surface area contributed by atoms with Gasteiger partial charge in [-0.1, -0.05) is 13.8 Å². The lowest BCUT2D eigenvalue weighted by Crippen LogP contribution is -2.51. The second kappa shape index (κ2) is 8.44. The minimum absolute atomic E-state index is 0.150. The van der Waals surface area contributed by atoms with Gasteiger partial charge in [0.05, 0.1) is 12.5 Å². The first-order valence-corrected chi connectivity index (χ1v) is 9.96. The molecule has 156 valence electrons. The van der Waals surface area contributed by atoms with Gasteiger partial charge in [-0.2, -0.15) is 0 Å². The van der Waals surface area contributed by atoms with Crippen LogP contribution in [0.1, 0.15) is 36.1 Å². The van der Waals surface area contributed by atoms with Crippen LogP contribution in [0.25, 0.3) is 11.5 Å². The smallest absolute Gasteiger partial charge is 0.321 e. The lowest BCUT2D eigenvalue weighted by Gasteiger charge is -2.34. The average molecular weight is 408 g/mol. The normalized spacial score (nSPS) is 14.2. The third kappa shape index (κ3) is 4.22. The molecule has 30 heavy (non-hydrogen) atoms. The Morgan fingerprint density at radius 1 is 1.03 bits per heavy atom. The molecule has 0 radical (unpaired) electrons. The number of nitrogens with one attached hydrogen (secondary N) is 1. The van der Waals surface area contributed by atoms with Crippen LogP contribution < -0.4 is 5.32 Å². The van der Waals surface area contributed by atoms with E-state index in [9.17, 15) is 9.59 Å². The van der Waals surface area contributed by atoms with Crippen molar-refractivity contribution >= 4 is 17.6 Å². The summed E-state index contributed by atoms with van der Waals surface area (Å²) in [6.07, 6.45) is 3.22. The van der Waals surface area contributed by atoms with Gasteiger partial charge >= 0.3 is 6.03 Å². The predicted octanol–water partition coefficient (Wildman–Crippen LogP) is 4.05. The van der Waals surface area contributed by atoms with Gasteiger partial charge in [0, 0.05) is 43.3 Å². The summed E-state index contributed by atoms with van der Waals surface area (Å²) in [6.45, 7) is 5.96. The lowest BCUT2D eigenvalue weighted by atomic mass is 10.2. The number of benzene rings is 1. The Balaban J connectivity index is 1.31. The fraction of sp³-hybridized carbons (Fsp3) is 0.318. The van der Waals surface area contributed by atoms with Gasteiger partial charge in [-0.05, 0) is 36.4 Å². The Labute approximate surface area is 174 Å². The zero-order valence-corrected chi connectivity index (χ0v) is 17.0. The summed E-state index contributed by atoms with van der Waals surface area (Å²) in [5, 5.41) is 2.90. The number of rotatable bonds is 4. The second-order valence-corrected chi connectivity index (χ2v) is 7.49. The van der Waals surface area contributed by atoms with Gasteiger partial charge in [0.1, 0.15) is 5.76 Å². The summed E-state index contributed by atoms with van der Waals surface area (Å²) in [4.78, 5) is 32.6. The van der Waals surface area contributed by atoms with Crippen molar-refractivity contribution in [3.05, 3.63) is 60.4 Å². The topological polar surface area (TPSA) is 91.8 Å². The van der Waals surface area contributed by atoms with E-state index in [0.717, 1.165) is 11.3 Å². The number of furan rings is 1. The summed E-state index contributed by atoms with van der Waals surface area (Å²) in [6, 6.07) is 10.5. The van der Waals surface area contributed by atoms with Crippen molar-refractivity contribution in [2.24, 2.45) is 0 Å². The highest BCUT2D eigenvalue weighted by Crippen LogP contribution is 2.24. The first-order valence-electron chi connectivity index (χ1n) is 9.96. The predicted molar refractivity (Wildman–Crippen MR) is 111 cm³/mol. The molecule has 0 bridgehead atoms. The summed E-state index contributed by atoms with van der Waals surface area (Å²) >= 11 is 0. The first kappa shape index (κ1) is 19.8. The molecule has 3 amide bonds. The van der Waals surface area contributed by atoms with E-state index >= 15 is 0 Å². The van der Waals surface area contributed by atoms with Gasteiger partial charge in [0.15, 0.2) is 5.76 Å². The Kier molecular flexibility index (Phi) is 5.56. The molecule has 2 aromatic heterocycles. The molecule has 1 fully saturated rings. The molecule has 0 atom stereocenters. The molecule has 8 heteroatoms. The van der Waals surface area contributed by atoms with Crippen molar-refractivity contribution in [3.63, 3.8) is 0 Å². The number of anilines is 1. The van der Waals surface area contributed by atoms with Gasteiger partial charge in [-0.15, -0.1) is 0 Å². The maximum atomic E-state index is 12.6. The van der Waals surface area contributed by atoms with E-state index in [-0.39, 0.29) is 17.9 Å². The zero-order chi connectivity index (χ0) is 21.1. The third-order valence-corrected chi connectivity index (χ3v) is 5.06. The largest absolute Gasteiger partial charge is 0.459 e. The van der Waals surface area contributed by atoms with Crippen LogP contribution in [0.15, 0.2) is 57.7 Å². The van der Waals surface area contributed by atoms with Crippen molar-refractivity contribution in [1.29, 1.82) is 0 Å². The number of amides is 3. The fourth-order valence-corrected chi connectivity index (χ4v) is 3.25. The number of carbonyl (C=O) groups excluding carboxylic acids is 2. The molecule has 0 unspecified atom stereocenters. The standard InChI is InChI=1S/C22H24N4O4/c1-15(2)19-14-23-20(30-19)16-5-7-17(8-6-16)24-22(28)26-11-9-25(10-12-26)21(27)18-4-3-13-29-18/h3-8,13-15H,9-12H2,1-2H3,(H,24,28). The molecule has 1 aliphatic rings. The Bertz CT molecular complexity index is 1000. The van der Waals surface area contributed by atoms with E-state index in [4.69, 9.17) is 8.83 Å². The van der Waals surface area contributed by atoms with E-state index in [1.807, 2.05) is 24.3 Å². The van der Waals surface area contributed by atoms with Crippen molar-refractivity contribution in [1.82, 2.24) is 14.8 Å². The Morgan fingerprint density at radius 2 is 1.73 bits per heavy atom. The molecular weight excluding hydrogens is 384 g/mol. The molecule has 1 saturated heterocycles. The van der Waals surface area contributed by atoms with Crippen molar-refractivity contribution in [2.45, 2.75) is 19.8 Å².